The molecule has 7 nitrogen and oxygen atoms in total. The summed E-state index contributed by atoms with van der Waals surface area (Å²) in [5.74, 6) is 0. The van der Waals surface area contributed by atoms with E-state index >= 15 is 0 Å². The molecule has 3 rings (SSSR count). The van der Waals surface area contributed by atoms with Gasteiger partial charge in [-0.3, -0.25) is 10.00 Å². The summed E-state index contributed by atoms with van der Waals surface area (Å²) in [5.41, 5.74) is 0.331. The Morgan fingerprint density at radius 1 is 1.35 bits per heavy atom. The lowest BCUT2D eigenvalue weighted by molar-refractivity contribution is 0.257. The molecule has 1 aromatic heterocycles. The normalized spacial score (nSPS) is 25.6. The Hall–Kier alpha value is -0.960. The lowest BCUT2D eigenvalue weighted by atomic mass is 10.2. The zero-order valence-corrected chi connectivity index (χ0v) is 12.1. The van der Waals surface area contributed by atoms with Gasteiger partial charge >= 0.3 is 0 Å². The summed E-state index contributed by atoms with van der Waals surface area (Å²) < 4.78 is 26.9. The first-order chi connectivity index (χ1) is 9.63. The van der Waals surface area contributed by atoms with Crippen molar-refractivity contribution in [3.8, 4) is 0 Å². The van der Waals surface area contributed by atoms with E-state index in [-0.39, 0.29) is 11.6 Å². The number of H-pyrrole nitrogens is 1. The van der Waals surface area contributed by atoms with Crippen molar-refractivity contribution in [3.63, 3.8) is 0 Å². The van der Waals surface area contributed by atoms with E-state index < -0.39 is 10.0 Å². The lowest BCUT2D eigenvalue weighted by Crippen LogP contribution is -2.40. The van der Waals surface area contributed by atoms with Gasteiger partial charge in [0.05, 0.1) is 12.8 Å². The van der Waals surface area contributed by atoms with E-state index in [9.17, 15) is 13.5 Å². The number of nitrogens with zero attached hydrogens (tertiary/aromatic N) is 3. The minimum atomic E-state index is -3.59. The smallest absolute Gasteiger partial charge is 0.260 e. The van der Waals surface area contributed by atoms with Gasteiger partial charge in [-0.2, -0.15) is 9.40 Å². The standard InChI is InChI=1S/C12H20N4O3S/c17-9-10-7-13-14-12(10)20(18,19)16-6-2-5-15-4-1-3-11(15)8-16/h7,11,17H,1-6,8-9H2,(H,13,14). The van der Waals surface area contributed by atoms with Gasteiger partial charge in [0.15, 0.2) is 5.03 Å². The number of rotatable bonds is 3. The summed E-state index contributed by atoms with van der Waals surface area (Å²) >= 11 is 0. The Bertz CT molecular complexity index is 571. The van der Waals surface area contributed by atoms with Crippen molar-refractivity contribution in [2.75, 3.05) is 26.2 Å². The highest BCUT2D eigenvalue weighted by molar-refractivity contribution is 7.89. The first-order valence-electron chi connectivity index (χ1n) is 7.00. The van der Waals surface area contributed by atoms with Gasteiger partial charge in [0, 0.05) is 24.7 Å². The fourth-order valence-electron chi connectivity index (χ4n) is 3.16. The summed E-state index contributed by atoms with van der Waals surface area (Å²) in [7, 11) is -3.59. The molecule has 0 aromatic carbocycles. The molecule has 0 aliphatic carbocycles. The number of hydrogen-bond acceptors (Lipinski definition) is 5. The number of sulfonamides is 1. The fraction of sp³-hybridized carbons (Fsp3) is 0.750. The number of aliphatic hydroxyl groups is 1. The molecule has 0 radical (unpaired) electrons. The van der Waals surface area contributed by atoms with Gasteiger partial charge in [-0.15, -0.1) is 0 Å². The second kappa shape index (κ2) is 5.44. The molecule has 0 spiro atoms. The number of aromatic amines is 1. The largest absolute Gasteiger partial charge is 0.392 e. The molecule has 1 atom stereocenters. The van der Waals surface area contributed by atoms with Crippen molar-refractivity contribution in [1.82, 2.24) is 19.4 Å². The van der Waals surface area contributed by atoms with Crippen LogP contribution in [0.15, 0.2) is 11.2 Å². The molecule has 2 aliphatic heterocycles. The van der Waals surface area contributed by atoms with Crippen LogP contribution in [0.5, 0.6) is 0 Å². The molecule has 2 aliphatic rings. The summed E-state index contributed by atoms with van der Waals surface area (Å²) in [6.45, 7) is 2.77. The van der Waals surface area contributed by atoms with Gasteiger partial charge in [-0.05, 0) is 32.4 Å². The van der Waals surface area contributed by atoms with Crippen LogP contribution in [0.25, 0.3) is 0 Å². The van der Waals surface area contributed by atoms with Gasteiger partial charge in [0.2, 0.25) is 0 Å². The monoisotopic (exact) mass is 300 g/mol. The second-order valence-electron chi connectivity index (χ2n) is 5.43. The van der Waals surface area contributed by atoms with E-state index in [1.54, 1.807) is 0 Å². The van der Waals surface area contributed by atoms with Crippen molar-refractivity contribution >= 4 is 10.0 Å². The Labute approximate surface area is 118 Å². The minimum absolute atomic E-state index is 0.0337. The van der Waals surface area contributed by atoms with Crippen molar-refractivity contribution in [3.05, 3.63) is 11.8 Å². The first-order valence-corrected chi connectivity index (χ1v) is 8.44. The summed E-state index contributed by atoms with van der Waals surface area (Å²) in [6, 6.07) is 0.327. The number of aromatic nitrogens is 2. The molecular weight excluding hydrogens is 280 g/mol. The average molecular weight is 300 g/mol. The molecule has 1 unspecified atom stereocenters. The predicted molar refractivity (Wildman–Crippen MR) is 72.5 cm³/mol. The third kappa shape index (κ3) is 2.37. The van der Waals surface area contributed by atoms with Crippen molar-refractivity contribution in [2.45, 2.75) is 36.9 Å². The summed E-state index contributed by atoms with van der Waals surface area (Å²) in [5, 5.41) is 15.5. The van der Waals surface area contributed by atoms with Gasteiger partial charge in [-0.1, -0.05) is 0 Å². The van der Waals surface area contributed by atoms with Crippen LogP contribution in [-0.4, -0.2) is 65.1 Å². The van der Waals surface area contributed by atoms with Crippen LogP contribution in [0.3, 0.4) is 0 Å². The molecule has 3 heterocycles. The van der Waals surface area contributed by atoms with Gasteiger partial charge in [-0.25, -0.2) is 8.42 Å². The van der Waals surface area contributed by atoms with Crippen LogP contribution >= 0.6 is 0 Å². The van der Waals surface area contributed by atoms with Gasteiger partial charge in [0.25, 0.3) is 10.0 Å². The number of nitrogens with one attached hydrogen (secondary N) is 1. The molecule has 2 saturated heterocycles. The minimum Gasteiger partial charge on any atom is -0.392 e. The maximum Gasteiger partial charge on any atom is 0.260 e. The quantitative estimate of drug-likeness (QED) is 0.804. The molecule has 8 heteroatoms. The molecule has 2 fully saturated rings. The fourth-order valence-corrected chi connectivity index (χ4v) is 4.77. The molecular formula is C12H20N4O3S. The summed E-state index contributed by atoms with van der Waals surface area (Å²) in [4.78, 5) is 2.38. The van der Waals surface area contributed by atoms with Crippen LogP contribution in [0, 0.1) is 0 Å². The molecule has 0 bridgehead atoms. The molecule has 0 amide bonds. The third-order valence-corrected chi connectivity index (χ3v) is 6.09. The molecule has 0 saturated carbocycles. The van der Waals surface area contributed by atoms with E-state index in [1.807, 2.05) is 0 Å². The van der Waals surface area contributed by atoms with Crippen molar-refractivity contribution in [1.29, 1.82) is 0 Å². The lowest BCUT2D eigenvalue weighted by Gasteiger charge is -2.24. The van der Waals surface area contributed by atoms with Crippen LogP contribution < -0.4 is 0 Å². The van der Waals surface area contributed by atoms with E-state index in [0.29, 0.717) is 24.7 Å². The highest BCUT2D eigenvalue weighted by atomic mass is 32.2. The number of aliphatic hydroxyl groups excluding tert-OH is 1. The zero-order valence-electron chi connectivity index (χ0n) is 11.3. The van der Waals surface area contributed by atoms with E-state index in [4.69, 9.17) is 0 Å². The second-order valence-corrected chi connectivity index (χ2v) is 7.31. The Kier molecular flexibility index (Phi) is 3.80. The van der Waals surface area contributed by atoms with Gasteiger partial charge in [0.1, 0.15) is 0 Å². The van der Waals surface area contributed by atoms with Crippen molar-refractivity contribution in [2.24, 2.45) is 0 Å². The number of hydrogen-bond donors (Lipinski definition) is 2. The van der Waals surface area contributed by atoms with E-state index in [1.165, 1.54) is 10.5 Å². The maximum absolute atomic E-state index is 12.7. The SMILES string of the molecule is O=S(=O)(c1[nH]ncc1CO)N1CCCN2CCCC2C1. The highest BCUT2D eigenvalue weighted by Gasteiger charge is 2.35. The van der Waals surface area contributed by atoms with Crippen molar-refractivity contribution < 1.29 is 13.5 Å². The van der Waals surface area contributed by atoms with Gasteiger partial charge < -0.3 is 5.11 Å². The van der Waals surface area contributed by atoms with Crippen LogP contribution in [0.2, 0.25) is 0 Å². The Morgan fingerprint density at radius 3 is 2.95 bits per heavy atom. The highest BCUT2D eigenvalue weighted by Crippen LogP contribution is 2.25. The predicted octanol–water partition coefficient (Wildman–Crippen LogP) is -0.239. The van der Waals surface area contributed by atoms with E-state index in [0.717, 1.165) is 32.4 Å². The summed E-state index contributed by atoms with van der Waals surface area (Å²) in [6.07, 6.45) is 4.41. The molecule has 2 N–H and O–H groups in total. The molecule has 112 valence electrons. The molecule has 1 aromatic rings. The van der Waals surface area contributed by atoms with Crippen LogP contribution in [0.1, 0.15) is 24.8 Å². The maximum atomic E-state index is 12.7. The number of fused-ring (bicyclic) bond motifs is 1. The topological polar surface area (TPSA) is 89.5 Å². The van der Waals surface area contributed by atoms with Crippen LogP contribution in [0.4, 0.5) is 0 Å². The van der Waals surface area contributed by atoms with Crippen LogP contribution in [-0.2, 0) is 16.6 Å². The average Bonchev–Trinajstić information content (AvgIpc) is 3.03. The molecule has 20 heavy (non-hydrogen) atoms. The zero-order chi connectivity index (χ0) is 14.2. The third-order valence-electron chi connectivity index (χ3n) is 4.21. The Balaban J connectivity index is 1.87. The Morgan fingerprint density at radius 2 is 2.15 bits per heavy atom. The first kappa shape index (κ1) is 14.0. The van der Waals surface area contributed by atoms with E-state index in [2.05, 4.69) is 15.1 Å².